The lowest BCUT2D eigenvalue weighted by atomic mass is 9.75. The number of aliphatic hydroxyl groups is 1. The number of likely N-dealkylation sites (tertiary alicyclic amines) is 1. The molecule has 0 bridgehead atoms. The third-order valence-electron chi connectivity index (χ3n) is 4.60. The van der Waals surface area contributed by atoms with Gasteiger partial charge in [-0.25, -0.2) is 0 Å². The fraction of sp³-hybridized carbons (Fsp3) is 0.647. The summed E-state index contributed by atoms with van der Waals surface area (Å²) in [5.74, 6) is 0.790. The van der Waals surface area contributed by atoms with E-state index in [0.29, 0.717) is 17.6 Å². The second-order valence-electron chi connectivity index (χ2n) is 7.09. The van der Waals surface area contributed by atoms with Crippen molar-refractivity contribution in [1.82, 2.24) is 4.90 Å². The van der Waals surface area contributed by atoms with Crippen LogP contribution in [0, 0.1) is 11.3 Å². The number of rotatable bonds is 3. The smallest absolute Gasteiger partial charge is 0.0936 e. The van der Waals surface area contributed by atoms with Gasteiger partial charge in [-0.3, -0.25) is 0 Å². The molecule has 1 saturated heterocycles. The van der Waals surface area contributed by atoms with Crippen LogP contribution in [0.25, 0.3) is 0 Å². The van der Waals surface area contributed by atoms with Crippen molar-refractivity contribution in [3.63, 3.8) is 0 Å². The van der Waals surface area contributed by atoms with Crippen molar-refractivity contribution in [2.24, 2.45) is 11.3 Å². The van der Waals surface area contributed by atoms with Gasteiger partial charge in [-0.2, -0.15) is 0 Å². The highest BCUT2D eigenvalue weighted by Crippen LogP contribution is 2.34. The molecule has 1 aromatic carbocycles. The van der Waals surface area contributed by atoms with Gasteiger partial charge < -0.3 is 15.7 Å². The number of aliphatic hydroxyl groups excluding tert-OH is 1. The molecular weight excluding hydrogens is 248 g/mol. The molecule has 1 aliphatic rings. The van der Waals surface area contributed by atoms with Crippen molar-refractivity contribution in [2.45, 2.75) is 39.7 Å². The van der Waals surface area contributed by atoms with E-state index in [0.717, 1.165) is 24.6 Å². The standard InChI is InChI=1S/C17H28N2O/c1-17(2,3)13-8-10-19(11-9-13)12-16(20)14-6-4-5-7-15(14)18/h4-7,13,16,20H,8-12,18H2,1-3H3. The van der Waals surface area contributed by atoms with E-state index in [1.54, 1.807) is 0 Å². The molecule has 1 aromatic rings. The zero-order valence-electron chi connectivity index (χ0n) is 13.0. The predicted molar refractivity (Wildman–Crippen MR) is 84.4 cm³/mol. The second-order valence-corrected chi connectivity index (χ2v) is 7.09. The minimum Gasteiger partial charge on any atom is -0.398 e. The lowest BCUT2D eigenvalue weighted by molar-refractivity contribution is 0.0656. The molecule has 1 heterocycles. The normalized spacial score (nSPS) is 20.0. The topological polar surface area (TPSA) is 49.5 Å². The maximum Gasteiger partial charge on any atom is 0.0936 e. The number of piperidine rings is 1. The van der Waals surface area contributed by atoms with Crippen LogP contribution in [0.5, 0.6) is 0 Å². The quantitative estimate of drug-likeness (QED) is 0.834. The van der Waals surface area contributed by atoms with Gasteiger partial charge in [0.2, 0.25) is 0 Å². The molecule has 1 unspecified atom stereocenters. The van der Waals surface area contributed by atoms with Crippen molar-refractivity contribution < 1.29 is 5.11 Å². The molecule has 1 fully saturated rings. The first-order chi connectivity index (χ1) is 9.38. The van der Waals surface area contributed by atoms with Gasteiger partial charge in [-0.1, -0.05) is 39.0 Å². The summed E-state index contributed by atoms with van der Waals surface area (Å²) in [5, 5.41) is 10.4. The summed E-state index contributed by atoms with van der Waals surface area (Å²) in [6, 6.07) is 7.60. The van der Waals surface area contributed by atoms with Crippen LogP contribution in [-0.2, 0) is 0 Å². The Bertz CT molecular complexity index is 431. The van der Waals surface area contributed by atoms with Gasteiger partial charge in [0.15, 0.2) is 0 Å². The predicted octanol–water partition coefficient (Wildman–Crippen LogP) is 3.06. The largest absolute Gasteiger partial charge is 0.398 e. The van der Waals surface area contributed by atoms with Crippen molar-refractivity contribution >= 4 is 5.69 Å². The lowest BCUT2D eigenvalue weighted by Crippen LogP contribution is -2.39. The third-order valence-corrected chi connectivity index (χ3v) is 4.60. The first kappa shape index (κ1) is 15.3. The van der Waals surface area contributed by atoms with Crippen molar-refractivity contribution in [1.29, 1.82) is 0 Å². The lowest BCUT2D eigenvalue weighted by Gasteiger charge is -2.39. The molecule has 3 nitrogen and oxygen atoms in total. The van der Waals surface area contributed by atoms with Crippen molar-refractivity contribution in [3.8, 4) is 0 Å². The van der Waals surface area contributed by atoms with Crippen LogP contribution in [0.4, 0.5) is 5.69 Å². The Balaban J connectivity index is 1.88. The van der Waals surface area contributed by atoms with E-state index in [1.165, 1.54) is 12.8 Å². The second kappa shape index (κ2) is 6.15. The average molecular weight is 276 g/mol. The van der Waals surface area contributed by atoms with Gasteiger partial charge in [0.25, 0.3) is 0 Å². The Kier molecular flexibility index (Phi) is 4.71. The van der Waals surface area contributed by atoms with E-state index < -0.39 is 6.10 Å². The van der Waals surface area contributed by atoms with E-state index in [1.807, 2.05) is 24.3 Å². The Morgan fingerprint density at radius 2 is 1.85 bits per heavy atom. The molecule has 0 spiro atoms. The van der Waals surface area contributed by atoms with Crippen LogP contribution in [0.2, 0.25) is 0 Å². The zero-order valence-corrected chi connectivity index (χ0v) is 13.0. The van der Waals surface area contributed by atoms with Gasteiger partial charge in [0.1, 0.15) is 0 Å². The highest BCUT2D eigenvalue weighted by Gasteiger charge is 2.29. The number of β-amino-alcohol motifs (C(OH)–C–C–N with tert-alkyl or cyclic N) is 1. The minimum absolute atomic E-state index is 0.397. The minimum atomic E-state index is -0.484. The number of nitrogens with zero attached hydrogens (tertiary/aromatic N) is 1. The molecule has 0 aromatic heterocycles. The Hall–Kier alpha value is -1.06. The number of hydrogen-bond acceptors (Lipinski definition) is 3. The van der Waals surface area contributed by atoms with E-state index in [2.05, 4.69) is 25.7 Å². The SMILES string of the molecule is CC(C)(C)C1CCN(CC(O)c2ccccc2N)CC1. The molecule has 3 N–H and O–H groups in total. The van der Waals surface area contributed by atoms with Crippen LogP contribution in [0.3, 0.4) is 0 Å². The summed E-state index contributed by atoms with van der Waals surface area (Å²) in [5.41, 5.74) is 7.86. The molecule has 0 radical (unpaired) electrons. The van der Waals surface area contributed by atoms with Crippen LogP contribution >= 0.6 is 0 Å². The average Bonchev–Trinajstić information content (AvgIpc) is 2.38. The Morgan fingerprint density at radius 3 is 2.40 bits per heavy atom. The summed E-state index contributed by atoms with van der Waals surface area (Å²) >= 11 is 0. The van der Waals surface area contributed by atoms with E-state index in [-0.39, 0.29) is 0 Å². The van der Waals surface area contributed by atoms with Gasteiger partial charge in [-0.15, -0.1) is 0 Å². The molecule has 20 heavy (non-hydrogen) atoms. The molecule has 0 saturated carbocycles. The number of para-hydroxylation sites is 1. The molecule has 2 rings (SSSR count). The van der Waals surface area contributed by atoms with Crippen molar-refractivity contribution in [2.75, 3.05) is 25.4 Å². The molecule has 1 aliphatic heterocycles. The summed E-state index contributed by atoms with van der Waals surface area (Å²) in [4.78, 5) is 2.36. The maximum absolute atomic E-state index is 10.4. The number of benzene rings is 1. The summed E-state index contributed by atoms with van der Waals surface area (Å²) in [7, 11) is 0. The van der Waals surface area contributed by atoms with Gasteiger partial charge >= 0.3 is 0 Å². The summed E-state index contributed by atoms with van der Waals surface area (Å²) < 4.78 is 0. The number of nitrogen functional groups attached to an aromatic ring is 1. The summed E-state index contributed by atoms with van der Waals surface area (Å²) in [6.07, 6.45) is 1.96. The molecule has 0 amide bonds. The third kappa shape index (κ3) is 3.74. The number of hydrogen-bond donors (Lipinski definition) is 2. The first-order valence-electron chi connectivity index (χ1n) is 7.63. The molecule has 0 aliphatic carbocycles. The summed E-state index contributed by atoms with van der Waals surface area (Å²) in [6.45, 7) is 9.81. The van der Waals surface area contributed by atoms with Crippen LogP contribution in [0.15, 0.2) is 24.3 Å². The highest BCUT2D eigenvalue weighted by atomic mass is 16.3. The van der Waals surface area contributed by atoms with Gasteiger partial charge in [0.05, 0.1) is 6.10 Å². The molecule has 112 valence electrons. The number of anilines is 1. The van der Waals surface area contributed by atoms with Crippen LogP contribution in [-0.4, -0.2) is 29.6 Å². The van der Waals surface area contributed by atoms with Crippen LogP contribution in [0.1, 0.15) is 45.3 Å². The number of nitrogens with two attached hydrogens (primary N) is 1. The van der Waals surface area contributed by atoms with E-state index >= 15 is 0 Å². The molecule has 3 heteroatoms. The highest BCUT2D eigenvalue weighted by molar-refractivity contribution is 5.47. The van der Waals surface area contributed by atoms with Gasteiger partial charge in [0, 0.05) is 17.8 Å². The van der Waals surface area contributed by atoms with Crippen molar-refractivity contribution in [3.05, 3.63) is 29.8 Å². The maximum atomic E-state index is 10.4. The van der Waals surface area contributed by atoms with E-state index in [9.17, 15) is 5.11 Å². The zero-order chi connectivity index (χ0) is 14.8. The Labute approximate surface area is 122 Å². The molecular formula is C17H28N2O. The van der Waals surface area contributed by atoms with E-state index in [4.69, 9.17) is 5.73 Å². The molecule has 1 atom stereocenters. The first-order valence-corrected chi connectivity index (χ1v) is 7.63. The monoisotopic (exact) mass is 276 g/mol. The fourth-order valence-corrected chi connectivity index (χ4v) is 3.14. The Morgan fingerprint density at radius 1 is 1.25 bits per heavy atom. The van der Waals surface area contributed by atoms with Crippen LogP contribution < -0.4 is 5.73 Å². The van der Waals surface area contributed by atoms with Gasteiger partial charge in [-0.05, 0) is 43.3 Å². The fourth-order valence-electron chi connectivity index (χ4n) is 3.14.